The third-order valence-electron chi connectivity index (χ3n) is 5.61. The number of anilines is 1. The first-order valence-corrected chi connectivity index (χ1v) is 11.0. The fourth-order valence-corrected chi connectivity index (χ4v) is 4.21. The molecule has 0 atom stereocenters. The summed E-state index contributed by atoms with van der Waals surface area (Å²) in [5, 5.41) is 3.59. The van der Waals surface area contributed by atoms with Crippen molar-refractivity contribution in [2.45, 2.75) is 25.7 Å². The van der Waals surface area contributed by atoms with Gasteiger partial charge in [-0.3, -0.25) is 4.79 Å². The first-order valence-electron chi connectivity index (χ1n) is 10.6. The van der Waals surface area contributed by atoms with E-state index in [1.54, 1.807) is 31.2 Å². The van der Waals surface area contributed by atoms with Crippen LogP contribution in [0.2, 0.25) is 5.02 Å². The van der Waals surface area contributed by atoms with Crippen molar-refractivity contribution < 1.29 is 19.2 Å². The molecule has 1 saturated heterocycles. The zero-order valence-electron chi connectivity index (χ0n) is 17.4. The first-order chi connectivity index (χ1) is 15.0. The third kappa shape index (κ3) is 5.24. The zero-order valence-corrected chi connectivity index (χ0v) is 18.2. The average Bonchev–Trinajstić information content (AvgIpc) is 3.17. The maximum absolute atomic E-state index is 12.5. The minimum Gasteiger partial charge on any atom is -0.462 e. The molecule has 2 heterocycles. The number of hydrogen-bond donors (Lipinski definition) is 3. The van der Waals surface area contributed by atoms with Crippen molar-refractivity contribution in [1.82, 2.24) is 9.97 Å². The number of rotatable bonds is 6. The van der Waals surface area contributed by atoms with Crippen LogP contribution in [0.1, 0.15) is 41.9 Å². The van der Waals surface area contributed by atoms with Crippen LogP contribution < -0.4 is 10.2 Å². The van der Waals surface area contributed by atoms with Crippen molar-refractivity contribution in [3.05, 3.63) is 58.9 Å². The molecule has 1 aromatic heterocycles. The van der Waals surface area contributed by atoms with E-state index in [1.165, 1.54) is 4.90 Å². The number of fused-ring (bicyclic) bond motifs is 1. The van der Waals surface area contributed by atoms with Gasteiger partial charge in [0.15, 0.2) is 6.54 Å². The van der Waals surface area contributed by atoms with Gasteiger partial charge in [-0.25, -0.2) is 9.78 Å². The number of hydrogen-bond acceptors (Lipinski definition) is 4. The van der Waals surface area contributed by atoms with Gasteiger partial charge in [-0.05, 0) is 43.3 Å². The second-order valence-electron chi connectivity index (χ2n) is 7.83. The monoisotopic (exact) mass is 441 g/mol. The Kier molecular flexibility index (Phi) is 6.53. The molecule has 7 nitrogen and oxygen atoms in total. The summed E-state index contributed by atoms with van der Waals surface area (Å²) >= 11 is 6.07. The quantitative estimate of drug-likeness (QED) is 0.513. The van der Waals surface area contributed by atoms with Crippen molar-refractivity contribution >= 4 is 40.2 Å². The number of nitrogens with zero attached hydrogens (tertiary/aromatic N) is 1. The number of esters is 1. The van der Waals surface area contributed by atoms with E-state index in [1.807, 2.05) is 18.2 Å². The van der Waals surface area contributed by atoms with E-state index in [9.17, 15) is 9.59 Å². The Labute approximate surface area is 185 Å². The van der Waals surface area contributed by atoms with Crippen LogP contribution in [0.4, 0.5) is 5.69 Å². The van der Waals surface area contributed by atoms with Crippen LogP contribution in [0.25, 0.3) is 11.0 Å². The molecule has 1 aliphatic heterocycles. The SMILES string of the molecule is CCOC(=O)c1cccc(NC(=O)C[NH+]2CCC(c3nc4ccc(Cl)cc4[nH]3)CC2)c1. The van der Waals surface area contributed by atoms with Crippen molar-refractivity contribution in [1.29, 1.82) is 0 Å². The Morgan fingerprint density at radius 3 is 2.81 bits per heavy atom. The van der Waals surface area contributed by atoms with E-state index in [4.69, 9.17) is 21.3 Å². The molecule has 8 heteroatoms. The van der Waals surface area contributed by atoms with Gasteiger partial charge in [0.2, 0.25) is 0 Å². The van der Waals surface area contributed by atoms with Crippen molar-refractivity contribution in [2.75, 3.05) is 31.6 Å². The van der Waals surface area contributed by atoms with E-state index in [-0.39, 0.29) is 11.9 Å². The topological polar surface area (TPSA) is 88.5 Å². The number of H-pyrrole nitrogens is 1. The Hall–Kier alpha value is -2.90. The van der Waals surface area contributed by atoms with Gasteiger partial charge >= 0.3 is 5.97 Å². The summed E-state index contributed by atoms with van der Waals surface area (Å²) in [6, 6.07) is 12.5. The highest BCUT2D eigenvalue weighted by Crippen LogP contribution is 2.25. The number of aromatic amines is 1. The summed E-state index contributed by atoms with van der Waals surface area (Å²) < 4.78 is 5.01. The van der Waals surface area contributed by atoms with E-state index in [0.29, 0.717) is 35.3 Å². The average molecular weight is 442 g/mol. The van der Waals surface area contributed by atoms with E-state index < -0.39 is 0 Å². The predicted molar refractivity (Wildman–Crippen MR) is 120 cm³/mol. The number of aromatic nitrogens is 2. The van der Waals surface area contributed by atoms with Crippen LogP contribution in [0.5, 0.6) is 0 Å². The molecule has 4 rings (SSSR count). The highest BCUT2D eigenvalue weighted by atomic mass is 35.5. The summed E-state index contributed by atoms with van der Waals surface area (Å²) in [5.41, 5.74) is 2.92. The molecule has 0 radical (unpaired) electrons. The second kappa shape index (κ2) is 9.49. The lowest BCUT2D eigenvalue weighted by Crippen LogP contribution is -3.14. The maximum atomic E-state index is 12.5. The molecule has 31 heavy (non-hydrogen) atoms. The predicted octanol–water partition coefficient (Wildman–Crippen LogP) is 2.79. The molecule has 3 N–H and O–H groups in total. The molecule has 162 valence electrons. The molecule has 0 saturated carbocycles. The smallest absolute Gasteiger partial charge is 0.338 e. The van der Waals surface area contributed by atoms with Crippen LogP contribution in [-0.4, -0.2) is 48.1 Å². The molecule has 1 fully saturated rings. The lowest BCUT2D eigenvalue weighted by Gasteiger charge is -2.27. The number of amides is 1. The third-order valence-corrected chi connectivity index (χ3v) is 5.84. The lowest BCUT2D eigenvalue weighted by molar-refractivity contribution is -0.897. The van der Waals surface area contributed by atoms with Crippen LogP contribution in [0.3, 0.4) is 0 Å². The number of piperidine rings is 1. The molecule has 1 aliphatic rings. The Bertz CT molecular complexity index is 1090. The minimum absolute atomic E-state index is 0.0622. The van der Waals surface area contributed by atoms with Gasteiger partial charge in [0.05, 0.1) is 36.3 Å². The van der Waals surface area contributed by atoms with Crippen LogP contribution >= 0.6 is 11.6 Å². The van der Waals surface area contributed by atoms with Gasteiger partial charge in [-0.2, -0.15) is 0 Å². The summed E-state index contributed by atoms with van der Waals surface area (Å²) in [5.74, 6) is 0.905. The molecule has 0 aliphatic carbocycles. The van der Waals surface area contributed by atoms with Gasteiger partial charge in [0.1, 0.15) is 5.82 Å². The fourth-order valence-electron chi connectivity index (χ4n) is 4.04. The van der Waals surface area contributed by atoms with Gasteiger partial charge in [-0.1, -0.05) is 17.7 Å². The fraction of sp³-hybridized carbons (Fsp3) is 0.348. The number of carbonyl (C=O) groups excluding carboxylic acids is 2. The minimum atomic E-state index is -0.390. The highest BCUT2D eigenvalue weighted by Gasteiger charge is 2.27. The lowest BCUT2D eigenvalue weighted by atomic mass is 9.96. The Balaban J connectivity index is 1.30. The van der Waals surface area contributed by atoms with Crippen molar-refractivity contribution in [3.8, 4) is 0 Å². The van der Waals surface area contributed by atoms with Crippen molar-refractivity contribution in [2.24, 2.45) is 0 Å². The Morgan fingerprint density at radius 1 is 1.23 bits per heavy atom. The molecule has 0 unspecified atom stereocenters. The number of imidazole rings is 1. The summed E-state index contributed by atoms with van der Waals surface area (Å²) in [4.78, 5) is 33.7. The largest absolute Gasteiger partial charge is 0.462 e. The number of ether oxygens (including phenoxy) is 1. The molecule has 0 spiro atoms. The second-order valence-corrected chi connectivity index (χ2v) is 8.27. The van der Waals surface area contributed by atoms with Crippen molar-refractivity contribution in [3.63, 3.8) is 0 Å². The number of carbonyl (C=O) groups is 2. The van der Waals surface area contributed by atoms with E-state index >= 15 is 0 Å². The van der Waals surface area contributed by atoms with Crippen LogP contribution in [0.15, 0.2) is 42.5 Å². The number of benzene rings is 2. The zero-order chi connectivity index (χ0) is 21.8. The van der Waals surface area contributed by atoms with Crippen LogP contribution in [0, 0.1) is 0 Å². The maximum Gasteiger partial charge on any atom is 0.338 e. The molecular weight excluding hydrogens is 416 g/mol. The number of quaternary nitrogens is 1. The van der Waals surface area contributed by atoms with Gasteiger partial charge in [0, 0.05) is 29.5 Å². The summed E-state index contributed by atoms with van der Waals surface area (Å²) in [6.45, 7) is 4.28. The Morgan fingerprint density at radius 2 is 2.03 bits per heavy atom. The normalized spacial score (nSPS) is 18.6. The number of nitrogens with one attached hydrogen (secondary N) is 3. The highest BCUT2D eigenvalue weighted by molar-refractivity contribution is 6.31. The summed E-state index contributed by atoms with van der Waals surface area (Å²) in [7, 11) is 0. The standard InChI is InChI=1S/C23H25ClN4O3/c1-2-31-23(30)16-4-3-5-18(12-16)25-21(29)14-28-10-8-15(9-11-28)22-26-19-7-6-17(24)13-20(19)27-22/h3-7,12-13,15H,2,8-11,14H2,1H3,(H,25,29)(H,26,27)/p+1. The van der Waals surface area contributed by atoms with E-state index in [0.717, 1.165) is 42.8 Å². The molecule has 1 amide bonds. The van der Waals surface area contributed by atoms with Crippen LogP contribution in [-0.2, 0) is 9.53 Å². The molecule has 2 aromatic carbocycles. The first kappa shape index (κ1) is 21.3. The molecule has 0 bridgehead atoms. The molecular formula is C23H26ClN4O3+. The van der Waals surface area contributed by atoms with E-state index in [2.05, 4.69) is 10.3 Å². The van der Waals surface area contributed by atoms with Gasteiger partial charge in [-0.15, -0.1) is 0 Å². The van der Waals surface area contributed by atoms with Gasteiger partial charge < -0.3 is 19.9 Å². The number of likely N-dealkylation sites (tertiary alicyclic amines) is 1. The number of halogens is 1. The molecule has 3 aromatic rings. The van der Waals surface area contributed by atoms with Gasteiger partial charge in [0.25, 0.3) is 5.91 Å². The summed E-state index contributed by atoms with van der Waals surface area (Å²) in [6.07, 6.45) is 1.93.